The van der Waals surface area contributed by atoms with E-state index >= 15 is 0 Å². The van der Waals surface area contributed by atoms with E-state index in [-0.39, 0.29) is 5.69 Å². The number of nitrogen functional groups attached to an aromatic ring is 1. The van der Waals surface area contributed by atoms with Gasteiger partial charge in [-0.25, -0.2) is 0 Å². The molecule has 0 bridgehead atoms. The lowest BCUT2D eigenvalue weighted by Crippen LogP contribution is -1.92. The normalized spacial score (nSPS) is 9.30. The van der Waals surface area contributed by atoms with E-state index in [1.54, 1.807) is 54.6 Å². The van der Waals surface area contributed by atoms with Gasteiger partial charge in [-0.2, -0.15) is 10.5 Å². The fourth-order valence-electron chi connectivity index (χ4n) is 2.94. The van der Waals surface area contributed by atoms with Gasteiger partial charge in [-0.1, -0.05) is 53.5 Å². The van der Waals surface area contributed by atoms with E-state index in [9.17, 15) is 15.0 Å². The van der Waals surface area contributed by atoms with Gasteiger partial charge in [0.15, 0.2) is 0 Å². The maximum Gasteiger partial charge on any atom is 0.269 e. The molecule has 0 spiro atoms. The van der Waals surface area contributed by atoms with Crippen LogP contribution in [0.4, 0.5) is 17.1 Å². The number of nitro groups is 1. The number of nitriles is 2. The SMILES string of the molecule is N#Cc1ccccc1Cc1cc(Cl)ccc1N=O.N#Cc1ccccc1N.O=[N+]([O-])c1ccc(Cl)cc1. The highest BCUT2D eigenvalue weighted by atomic mass is 35.5. The molecule has 2 N–H and O–H groups in total. The molecule has 0 aliphatic carbocycles. The van der Waals surface area contributed by atoms with Gasteiger partial charge in [0.25, 0.3) is 5.69 Å². The first kappa shape index (κ1) is 28.5. The van der Waals surface area contributed by atoms with Gasteiger partial charge >= 0.3 is 0 Å². The number of para-hydroxylation sites is 1. The van der Waals surface area contributed by atoms with E-state index in [1.165, 1.54) is 24.3 Å². The molecule has 4 aromatic rings. The van der Waals surface area contributed by atoms with Gasteiger partial charge < -0.3 is 5.73 Å². The Morgan fingerprint density at radius 1 is 0.811 bits per heavy atom. The Kier molecular flexibility index (Phi) is 11.2. The number of nitroso groups, excluding NO2 is 1. The number of hydrogen-bond acceptors (Lipinski definition) is 7. The summed E-state index contributed by atoms with van der Waals surface area (Å²) in [5.74, 6) is 0. The van der Waals surface area contributed by atoms with Crippen molar-refractivity contribution >= 4 is 40.3 Å². The van der Waals surface area contributed by atoms with Gasteiger partial charge in [0, 0.05) is 34.3 Å². The zero-order chi connectivity index (χ0) is 27.2. The maximum absolute atomic E-state index is 10.7. The molecule has 184 valence electrons. The van der Waals surface area contributed by atoms with Gasteiger partial charge in [-0.15, -0.1) is 4.91 Å². The highest BCUT2D eigenvalue weighted by Gasteiger charge is 2.08. The Morgan fingerprint density at radius 2 is 1.38 bits per heavy atom. The Labute approximate surface area is 223 Å². The van der Waals surface area contributed by atoms with Crippen molar-refractivity contribution in [2.24, 2.45) is 5.18 Å². The van der Waals surface area contributed by atoms with Gasteiger partial charge in [0.2, 0.25) is 0 Å². The summed E-state index contributed by atoms with van der Waals surface area (Å²) in [6, 6.07) is 28.9. The molecule has 37 heavy (non-hydrogen) atoms. The molecule has 0 amide bonds. The second-order valence-electron chi connectivity index (χ2n) is 7.24. The van der Waals surface area contributed by atoms with Crippen molar-refractivity contribution in [3.63, 3.8) is 0 Å². The van der Waals surface area contributed by atoms with Crippen LogP contribution in [0, 0.1) is 37.7 Å². The first-order chi connectivity index (χ1) is 17.8. The first-order valence-electron chi connectivity index (χ1n) is 10.5. The molecular weight excluding hydrogens is 513 g/mol. The number of benzene rings is 4. The highest BCUT2D eigenvalue weighted by molar-refractivity contribution is 6.31. The molecule has 10 heteroatoms. The highest BCUT2D eigenvalue weighted by Crippen LogP contribution is 2.26. The molecule has 0 aromatic heterocycles. The number of nitrogens with two attached hydrogens (primary N) is 1. The Bertz CT molecular complexity index is 1460. The van der Waals surface area contributed by atoms with Crippen LogP contribution in [0.3, 0.4) is 0 Å². The van der Waals surface area contributed by atoms with Gasteiger partial charge in [0.05, 0.1) is 22.1 Å². The number of anilines is 1. The molecule has 0 aliphatic heterocycles. The molecule has 0 unspecified atom stereocenters. The summed E-state index contributed by atoms with van der Waals surface area (Å²) in [5, 5.41) is 31.5. The van der Waals surface area contributed by atoms with Crippen LogP contribution in [-0.4, -0.2) is 4.92 Å². The minimum absolute atomic E-state index is 0.0596. The molecule has 0 aliphatic rings. The standard InChI is InChI=1S/C14H9ClN2O.C7H6N2.C6H4ClNO2/c15-13-5-6-14(17-18)12(8-13)7-10-3-1-2-4-11(10)9-16;8-5-6-3-1-2-4-7(6)9;7-5-1-3-6(4-2-5)8(9)10/h1-6,8H,7H2;1-4H,9H2;1-4H. The smallest absolute Gasteiger partial charge is 0.269 e. The van der Waals surface area contributed by atoms with E-state index in [1.807, 2.05) is 18.2 Å². The van der Waals surface area contributed by atoms with Gasteiger partial charge in [0.1, 0.15) is 11.8 Å². The Balaban J connectivity index is 0.000000214. The van der Waals surface area contributed by atoms with E-state index in [0.29, 0.717) is 39.0 Å². The largest absolute Gasteiger partial charge is 0.398 e. The lowest BCUT2D eigenvalue weighted by molar-refractivity contribution is -0.384. The predicted octanol–water partition coefficient (Wildman–Crippen LogP) is 7.59. The molecule has 0 heterocycles. The van der Waals surface area contributed by atoms with E-state index in [0.717, 1.165) is 11.1 Å². The maximum atomic E-state index is 10.7. The molecule has 8 nitrogen and oxygen atoms in total. The van der Waals surface area contributed by atoms with Crippen molar-refractivity contribution in [2.45, 2.75) is 6.42 Å². The summed E-state index contributed by atoms with van der Waals surface area (Å²) in [5.41, 5.74) is 9.07. The summed E-state index contributed by atoms with van der Waals surface area (Å²) in [6.45, 7) is 0. The predicted molar refractivity (Wildman–Crippen MR) is 145 cm³/mol. The molecule has 0 saturated carbocycles. The number of hydrogen-bond donors (Lipinski definition) is 1. The third kappa shape index (κ3) is 9.08. The van der Waals surface area contributed by atoms with Crippen LogP contribution in [0.5, 0.6) is 0 Å². The van der Waals surface area contributed by atoms with Crippen molar-refractivity contribution in [3.05, 3.63) is 138 Å². The first-order valence-corrected chi connectivity index (χ1v) is 11.3. The minimum Gasteiger partial charge on any atom is -0.398 e. The van der Waals surface area contributed by atoms with Crippen molar-refractivity contribution in [2.75, 3.05) is 5.73 Å². The van der Waals surface area contributed by atoms with Crippen molar-refractivity contribution in [1.29, 1.82) is 10.5 Å². The quantitative estimate of drug-likeness (QED) is 0.124. The number of nitro benzene ring substituents is 1. The summed E-state index contributed by atoms with van der Waals surface area (Å²) >= 11 is 11.4. The fraction of sp³-hybridized carbons (Fsp3) is 0.0370. The molecule has 0 radical (unpaired) electrons. The summed E-state index contributed by atoms with van der Waals surface area (Å²) in [4.78, 5) is 20.3. The second-order valence-corrected chi connectivity index (χ2v) is 8.12. The van der Waals surface area contributed by atoms with E-state index < -0.39 is 4.92 Å². The number of rotatable bonds is 4. The van der Waals surface area contributed by atoms with Crippen LogP contribution in [0.15, 0.2) is 96.2 Å². The molecule has 4 rings (SSSR count). The zero-order valence-electron chi connectivity index (χ0n) is 19.2. The topological polar surface area (TPSA) is 146 Å². The number of non-ortho nitro benzene ring substituents is 1. The number of halogens is 2. The summed E-state index contributed by atoms with van der Waals surface area (Å²) in [7, 11) is 0. The Morgan fingerprint density at radius 3 is 1.92 bits per heavy atom. The molecule has 0 fully saturated rings. The third-order valence-corrected chi connectivity index (χ3v) is 5.26. The van der Waals surface area contributed by atoms with Crippen LogP contribution < -0.4 is 5.73 Å². The molecule has 0 atom stereocenters. The van der Waals surface area contributed by atoms with Crippen molar-refractivity contribution < 1.29 is 4.92 Å². The lowest BCUT2D eigenvalue weighted by atomic mass is 9.99. The van der Waals surface area contributed by atoms with E-state index in [4.69, 9.17) is 39.5 Å². The zero-order valence-corrected chi connectivity index (χ0v) is 20.7. The minimum atomic E-state index is -0.462. The van der Waals surface area contributed by atoms with Crippen molar-refractivity contribution in [1.82, 2.24) is 0 Å². The average molecular weight is 532 g/mol. The average Bonchev–Trinajstić information content (AvgIpc) is 2.90. The monoisotopic (exact) mass is 531 g/mol. The fourth-order valence-corrected chi connectivity index (χ4v) is 3.26. The van der Waals surface area contributed by atoms with Gasteiger partial charge in [-0.3, -0.25) is 10.1 Å². The van der Waals surface area contributed by atoms with E-state index in [2.05, 4.69) is 11.2 Å². The van der Waals surface area contributed by atoms with Crippen molar-refractivity contribution in [3.8, 4) is 12.1 Å². The Hall–Kier alpha value is -4.76. The molecular formula is C27H19Cl2N5O3. The summed E-state index contributed by atoms with van der Waals surface area (Å²) < 4.78 is 0. The van der Waals surface area contributed by atoms with Crippen LogP contribution in [0.2, 0.25) is 10.0 Å². The second kappa shape index (κ2) is 14.6. The van der Waals surface area contributed by atoms with Crippen LogP contribution in [0.1, 0.15) is 22.3 Å². The van der Waals surface area contributed by atoms with Crippen LogP contribution >= 0.6 is 23.2 Å². The number of nitrogens with zero attached hydrogens (tertiary/aromatic N) is 4. The van der Waals surface area contributed by atoms with Crippen LogP contribution in [-0.2, 0) is 6.42 Å². The van der Waals surface area contributed by atoms with Crippen LogP contribution in [0.25, 0.3) is 0 Å². The molecule has 4 aromatic carbocycles. The summed E-state index contributed by atoms with van der Waals surface area (Å²) in [6.07, 6.45) is 0.464. The third-order valence-electron chi connectivity index (χ3n) is 4.78. The molecule has 0 saturated heterocycles. The van der Waals surface area contributed by atoms with Gasteiger partial charge in [-0.05, 0) is 64.8 Å². The lowest BCUT2D eigenvalue weighted by Gasteiger charge is -2.06.